The molecule has 0 bridgehead atoms. The van der Waals surface area contributed by atoms with Crippen LogP contribution in [0.3, 0.4) is 0 Å². The van der Waals surface area contributed by atoms with Gasteiger partial charge in [-0.1, -0.05) is 18.2 Å². The molecular formula is C13H14OS. The molecule has 1 aliphatic rings. The Morgan fingerprint density at radius 3 is 2.80 bits per heavy atom. The zero-order chi connectivity index (χ0) is 10.3. The van der Waals surface area contributed by atoms with Gasteiger partial charge in [0.1, 0.15) is 0 Å². The summed E-state index contributed by atoms with van der Waals surface area (Å²) < 4.78 is 1.36. The van der Waals surface area contributed by atoms with Gasteiger partial charge < -0.3 is 5.11 Å². The van der Waals surface area contributed by atoms with Gasteiger partial charge in [0.15, 0.2) is 0 Å². The summed E-state index contributed by atoms with van der Waals surface area (Å²) in [4.78, 5) is 0. The summed E-state index contributed by atoms with van der Waals surface area (Å²) in [7, 11) is 0. The zero-order valence-electron chi connectivity index (χ0n) is 8.57. The molecule has 1 aromatic carbocycles. The molecule has 0 aliphatic heterocycles. The Balaban J connectivity index is 1.98. The van der Waals surface area contributed by atoms with Crippen molar-refractivity contribution in [3.8, 4) is 0 Å². The third-order valence-corrected chi connectivity index (χ3v) is 4.43. The van der Waals surface area contributed by atoms with Gasteiger partial charge in [-0.2, -0.15) is 0 Å². The van der Waals surface area contributed by atoms with Gasteiger partial charge in [-0.25, -0.2) is 0 Å². The second-order valence-electron chi connectivity index (χ2n) is 4.59. The van der Waals surface area contributed by atoms with E-state index in [2.05, 4.69) is 29.6 Å². The summed E-state index contributed by atoms with van der Waals surface area (Å²) in [6.45, 7) is 0.344. The standard InChI is InChI=1S/C13H14OS/c14-9-13(5-6-13)7-10-8-15-12-4-2-1-3-11(10)12/h1-4,8,14H,5-7,9H2. The van der Waals surface area contributed by atoms with Crippen molar-refractivity contribution in [3.05, 3.63) is 35.2 Å². The number of thiophene rings is 1. The number of fused-ring (bicyclic) bond motifs is 1. The highest BCUT2D eigenvalue weighted by Gasteiger charge is 2.42. The van der Waals surface area contributed by atoms with Crippen molar-refractivity contribution in [2.75, 3.05) is 6.61 Å². The minimum atomic E-state index is 0.226. The SMILES string of the molecule is OCC1(Cc2csc3ccccc23)CC1. The first-order valence-electron chi connectivity index (χ1n) is 5.39. The van der Waals surface area contributed by atoms with E-state index >= 15 is 0 Å². The van der Waals surface area contributed by atoms with E-state index < -0.39 is 0 Å². The second-order valence-corrected chi connectivity index (χ2v) is 5.50. The molecule has 0 amide bonds. The second kappa shape index (κ2) is 3.32. The summed E-state index contributed by atoms with van der Waals surface area (Å²) in [6, 6.07) is 8.54. The van der Waals surface area contributed by atoms with Crippen LogP contribution in [0.5, 0.6) is 0 Å². The summed E-state index contributed by atoms with van der Waals surface area (Å²) in [6.07, 6.45) is 3.43. The van der Waals surface area contributed by atoms with Crippen LogP contribution in [-0.4, -0.2) is 11.7 Å². The fourth-order valence-electron chi connectivity index (χ4n) is 2.14. The largest absolute Gasteiger partial charge is 0.396 e. The van der Waals surface area contributed by atoms with E-state index in [9.17, 15) is 5.11 Å². The molecule has 15 heavy (non-hydrogen) atoms. The maximum absolute atomic E-state index is 9.33. The summed E-state index contributed by atoms with van der Waals surface area (Å²) in [5.74, 6) is 0. The average Bonchev–Trinajstić information content (AvgIpc) is 2.95. The van der Waals surface area contributed by atoms with Crippen molar-refractivity contribution in [2.24, 2.45) is 5.41 Å². The monoisotopic (exact) mass is 218 g/mol. The molecule has 2 heteroatoms. The highest BCUT2D eigenvalue weighted by molar-refractivity contribution is 7.17. The van der Waals surface area contributed by atoms with Crippen LogP contribution in [0.25, 0.3) is 10.1 Å². The van der Waals surface area contributed by atoms with E-state index in [1.807, 2.05) is 11.3 Å². The molecule has 1 nitrogen and oxygen atoms in total. The predicted octanol–water partition coefficient (Wildman–Crippen LogP) is 3.22. The van der Waals surface area contributed by atoms with Crippen LogP contribution in [-0.2, 0) is 6.42 Å². The number of benzene rings is 1. The smallest absolute Gasteiger partial charge is 0.0490 e. The number of hydrogen-bond donors (Lipinski definition) is 1. The molecule has 1 aromatic heterocycles. The Morgan fingerprint density at radius 2 is 2.07 bits per heavy atom. The minimum absolute atomic E-state index is 0.226. The van der Waals surface area contributed by atoms with Crippen molar-refractivity contribution in [2.45, 2.75) is 19.3 Å². The first-order chi connectivity index (χ1) is 7.33. The van der Waals surface area contributed by atoms with Crippen molar-refractivity contribution < 1.29 is 5.11 Å². The van der Waals surface area contributed by atoms with Gasteiger partial charge >= 0.3 is 0 Å². The third-order valence-electron chi connectivity index (χ3n) is 3.42. The maximum Gasteiger partial charge on any atom is 0.0490 e. The molecule has 0 saturated heterocycles. The Labute approximate surface area is 93.4 Å². The van der Waals surface area contributed by atoms with E-state index in [0.29, 0.717) is 6.61 Å². The Kier molecular flexibility index (Phi) is 2.08. The molecule has 0 spiro atoms. The Hall–Kier alpha value is -0.860. The van der Waals surface area contributed by atoms with Crippen molar-refractivity contribution in [3.63, 3.8) is 0 Å². The number of aliphatic hydroxyl groups is 1. The van der Waals surface area contributed by atoms with E-state index in [0.717, 1.165) is 6.42 Å². The molecule has 1 fully saturated rings. The van der Waals surface area contributed by atoms with Crippen LogP contribution >= 0.6 is 11.3 Å². The first-order valence-corrected chi connectivity index (χ1v) is 6.27. The van der Waals surface area contributed by atoms with Crippen LogP contribution in [0, 0.1) is 5.41 Å². The molecule has 1 N–H and O–H groups in total. The molecule has 0 atom stereocenters. The van der Waals surface area contributed by atoms with E-state index in [1.165, 1.54) is 28.5 Å². The van der Waals surface area contributed by atoms with E-state index in [1.54, 1.807) is 0 Å². The Bertz CT molecular complexity index is 482. The molecule has 1 aliphatic carbocycles. The molecule has 78 valence electrons. The fourth-order valence-corrected chi connectivity index (χ4v) is 3.10. The summed E-state index contributed by atoms with van der Waals surface area (Å²) in [5.41, 5.74) is 1.64. The first kappa shape index (κ1) is 9.37. The van der Waals surface area contributed by atoms with E-state index in [4.69, 9.17) is 0 Å². The molecule has 3 rings (SSSR count). The van der Waals surface area contributed by atoms with Crippen LogP contribution in [0.1, 0.15) is 18.4 Å². The van der Waals surface area contributed by atoms with Gasteiger partial charge in [0.05, 0.1) is 0 Å². The molecule has 1 saturated carbocycles. The van der Waals surface area contributed by atoms with Crippen LogP contribution in [0.2, 0.25) is 0 Å². The zero-order valence-corrected chi connectivity index (χ0v) is 9.39. The lowest BCUT2D eigenvalue weighted by Crippen LogP contribution is -2.09. The lowest BCUT2D eigenvalue weighted by atomic mass is 9.97. The lowest BCUT2D eigenvalue weighted by molar-refractivity contribution is 0.211. The molecule has 0 unspecified atom stereocenters. The fraction of sp³-hybridized carbons (Fsp3) is 0.385. The lowest BCUT2D eigenvalue weighted by Gasteiger charge is -2.09. The van der Waals surface area contributed by atoms with Gasteiger partial charge in [-0.3, -0.25) is 0 Å². The number of aliphatic hydroxyl groups excluding tert-OH is 1. The van der Waals surface area contributed by atoms with Gasteiger partial charge in [0.25, 0.3) is 0 Å². The molecular weight excluding hydrogens is 204 g/mol. The quantitative estimate of drug-likeness (QED) is 0.838. The highest BCUT2D eigenvalue weighted by Crippen LogP contribution is 2.49. The number of rotatable bonds is 3. The molecule has 2 aromatic rings. The minimum Gasteiger partial charge on any atom is -0.396 e. The van der Waals surface area contributed by atoms with Gasteiger partial charge in [-0.15, -0.1) is 11.3 Å². The van der Waals surface area contributed by atoms with Gasteiger partial charge in [0.2, 0.25) is 0 Å². The van der Waals surface area contributed by atoms with Crippen LogP contribution in [0.4, 0.5) is 0 Å². The van der Waals surface area contributed by atoms with Crippen molar-refractivity contribution >= 4 is 21.4 Å². The van der Waals surface area contributed by atoms with Crippen LogP contribution in [0.15, 0.2) is 29.6 Å². The van der Waals surface area contributed by atoms with Crippen molar-refractivity contribution in [1.29, 1.82) is 0 Å². The van der Waals surface area contributed by atoms with E-state index in [-0.39, 0.29) is 5.41 Å². The Morgan fingerprint density at radius 1 is 1.27 bits per heavy atom. The van der Waals surface area contributed by atoms with Crippen LogP contribution < -0.4 is 0 Å². The van der Waals surface area contributed by atoms with Gasteiger partial charge in [-0.05, 0) is 47.1 Å². The maximum atomic E-state index is 9.33. The normalized spacial score (nSPS) is 18.2. The third kappa shape index (κ3) is 1.58. The molecule has 0 radical (unpaired) electrons. The topological polar surface area (TPSA) is 20.2 Å². The van der Waals surface area contributed by atoms with Crippen molar-refractivity contribution in [1.82, 2.24) is 0 Å². The summed E-state index contributed by atoms with van der Waals surface area (Å²) in [5, 5.41) is 13.0. The average molecular weight is 218 g/mol. The summed E-state index contributed by atoms with van der Waals surface area (Å²) >= 11 is 1.81. The highest BCUT2D eigenvalue weighted by atomic mass is 32.1. The predicted molar refractivity (Wildman–Crippen MR) is 64.3 cm³/mol. The molecule has 1 heterocycles. The number of hydrogen-bond acceptors (Lipinski definition) is 2. The van der Waals surface area contributed by atoms with Gasteiger partial charge in [0, 0.05) is 11.3 Å².